The molecule has 102 valence electrons. The molecule has 1 aliphatic heterocycles. The summed E-state index contributed by atoms with van der Waals surface area (Å²) in [7, 11) is 0. The molecule has 2 bridgehead atoms. The summed E-state index contributed by atoms with van der Waals surface area (Å²) in [6, 6.07) is 0. The summed E-state index contributed by atoms with van der Waals surface area (Å²) in [5, 5.41) is 0. The summed E-state index contributed by atoms with van der Waals surface area (Å²) in [4.78, 5) is 25.3. The van der Waals surface area contributed by atoms with Crippen molar-refractivity contribution < 1.29 is 9.59 Å². The van der Waals surface area contributed by atoms with Crippen LogP contribution in [0.3, 0.4) is 0 Å². The molecule has 3 nitrogen and oxygen atoms in total. The number of nitrogens with zero attached hydrogens (tertiary/aromatic N) is 1. The second-order valence-electron chi connectivity index (χ2n) is 6.19. The molecule has 0 N–H and O–H groups in total. The second kappa shape index (κ2) is 4.62. The molecule has 19 heavy (non-hydrogen) atoms. The molecule has 2 aliphatic carbocycles. The highest BCUT2D eigenvalue weighted by molar-refractivity contribution is 6.18. The van der Waals surface area contributed by atoms with Crippen LogP contribution in [0.25, 0.3) is 0 Å². The van der Waals surface area contributed by atoms with E-state index in [1.165, 1.54) is 17.7 Å². The Hall–Kier alpha value is -1.38. The van der Waals surface area contributed by atoms with Gasteiger partial charge in [0.25, 0.3) is 11.8 Å². The largest absolute Gasteiger partial charge is 0.275 e. The fourth-order valence-corrected chi connectivity index (χ4v) is 3.76. The van der Waals surface area contributed by atoms with Crippen molar-refractivity contribution in [2.75, 3.05) is 6.54 Å². The molecule has 3 atom stereocenters. The van der Waals surface area contributed by atoms with Crippen LogP contribution >= 0.6 is 0 Å². The molecule has 0 radical (unpaired) electrons. The average Bonchev–Trinajstić information content (AvgIpc) is 3.06. The van der Waals surface area contributed by atoms with Gasteiger partial charge in [0.2, 0.25) is 0 Å². The topological polar surface area (TPSA) is 37.4 Å². The summed E-state index contributed by atoms with van der Waals surface area (Å²) in [5.74, 6) is 2.16. The number of allylic oxidation sites excluding steroid dienone is 2. The number of imide groups is 1. The standard InChI is InChI=1S/C16H21NO2/c1-10-11(2)16(19)17(15(10)18)7-3-4-13-8-12-5-6-14(13)9-12/h5-6,12-14H,3-4,7-9H2,1-2H3/t12?,13?,14-/m1/s1. The van der Waals surface area contributed by atoms with Crippen molar-refractivity contribution in [2.45, 2.75) is 39.5 Å². The van der Waals surface area contributed by atoms with Crippen LogP contribution in [-0.4, -0.2) is 23.3 Å². The monoisotopic (exact) mass is 259 g/mol. The van der Waals surface area contributed by atoms with Crippen LogP contribution in [0.5, 0.6) is 0 Å². The third kappa shape index (κ3) is 2.05. The molecule has 0 saturated heterocycles. The van der Waals surface area contributed by atoms with Crippen LogP contribution in [0, 0.1) is 17.8 Å². The smallest absolute Gasteiger partial charge is 0.256 e. The van der Waals surface area contributed by atoms with Gasteiger partial charge >= 0.3 is 0 Å². The van der Waals surface area contributed by atoms with Gasteiger partial charge < -0.3 is 0 Å². The molecule has 1 heterocycles. The number of fused-ring (bicyclic) bond motifs is 2. The number of carbonyl (C=O) groups is 2. The van der Waals surface area contributed by atoms with Gasteiger partial charge in [-0.1, -0.05) is 12.2 Å². The van der Waals surface area contributed by atoms with Gasteiger partial charge in [0.05, 0.1) is 0 Å². The second-order valence-corrected chi connectivity index (χ2v) is 6.19. The highest BCUT2D eigenvalue weighted by Crippen LogP contribution is 2.45. The van der Waals surface area contributed by atoms with Crippen molar-refractivity contribution >= 4 is 11.8 Å². The Morgan fingerprint density at radius 2 is 1.79 bits per heavy atom. The van der Waals surface area contributed by atoms with Gasteiger partial charge in [0, 0.05) is 17.7 Å². The third-order valence-corrected chi connectivity index (χ3v) is 5.07. The maximum Gasteiger partial charge on any atom is 0.256 e. The summed E-state index contributed by atoms with van der Waals surface area (Å²) >= 11 is 0. The Morgan fingerprint density at radius 1 is 1.11 bits per heavy atom. The normalized spacial score (nSPS) is 33.2. The van der Waals surface area contributed by atoms with Gasteiger partial charge in [0.1, 0.15) is 0 Å². The van der Waals surface area contributed by atoms with E-state index >= 15 is 0 Å². The van der Waals surface area contributed by atoms with Crippen LogP contribution in [0.1, 0.15) is 39.5 Å². The Kier molecular flexibility index (Phi) is 3.08. The highest BCUT2D eigenvalue weighted by atomic mass is 16.2. The summed E-state index contributed by atoms with van der Waals surface area (Å²) in [6.07, 6.45) is 9.43. The van der Waals surface area contributed by atoms with Crippen LogP contribution in [0.15, 0.2) is 23.3 Å². The number of rotatable bonds is 4. The van der Waals surface area contributed by atoms with E-state index in [9.17, 15) is 9.59 Å². The Labute approximate surface area is 114 Å². The molecule has 3 aliphatic rings. The van der Waals surface area contributed by atoms with E-state index in [4.69, 9.17) is 0 Å². The fraction of sp³-hybridized carbons (Fsp3) is 0.625. The zero-order valence-electron chi connectivity index (χ0n) is 11.7. The molecular weight excluding hydrogens is 238 g/mol. The van der Waals surface area contributed by atoms with E-state index < -0.39 is 0 Å². The molecule has 3 heteroatoms. The first-order chi connectivity index (χ1) is 9.08. The van der Waals surface area contributed by atoms with E-state index in [0.717, 1.165) is 30.6 Å². The Morgan fingerprint density at radius 3 is 2.32 bits per heavy atom. The lowest BCUT2D eigenvalue weighted by Crippen LogP contribution is -2.32. The van der Waals surface area contributed by atoms with Crippen LogP contribution < -0.4 is 0 Å². The molecule has 2 unspecified atom stereocenters. The summed E-state index contributed by atoms with van der Waals surface area (Å²) < 4.78 is 0. The van der Waals surface area contributed by atoms with Gasteiger partial charge in [0.15, 0.2) is 0 Å². The van der Waals surface area contributed by atoms with Crippen molar-refractivity contribution in [1.82, 2.24) is 4.90 Å². The minimum absolute atomic E-state index is 0.0876. The first-order valence-electron chi connectivity index (χ1n) is 7.30. The van der Waals surface area contributed by atoms with Crippen molar-refractivity contribution in [1.29, 1.82) is 0 Å². The quantitative estimate of drug-likeness (QED) is 0.575. The number of carbonyl (C=O) groups excluding carboxylic acids is 2. The number of amides is 2. The minimum Gasteiger partial charge on any atom is -0.275 e. The van der Waals surface area contributed by atoms with Crippen LogP contribution in [0.4, 0.5) is 0 Å². The first kappa shape index (κ1) is 12.6. The number of hydrogen-bond acceptors (Lipinski definition) is 2. The number of hydrogen-bond donors (Lipinski definition) is 0. The van der Waals surface area contributed by atoms with E-state index in [2.05, 4.69) is 12.2 Å². The molecule has 0 aromatic carbocycles. The van der Waals surface area contributed by atoms with E-state index in [1.807, 2.05) is 0 Å². The van der Waals surface area contributed by atoms with Crippen LogP contribution in [-0.2, 0) is 9.59 Å². The van der Waals surface area contributed by atoms with Gasteiger partial charge in [-0.05, 0) is 57.3 Å². The molecular formula is C16H21NO2. The fourth-order valence-electron chi connectivity index (χ4n) is 3.76. The van der Waals surface area contributed by atoms with Crippen LogP contribution in [0.2, 0.25) is 0 Å². The molecule has 2 amide bonds. The maximum atomic E-state index is 11.9. The van der Waals surface area contributed by atoms with Crippen molar-refractivity contribution in [3.8, 4) is 0 Å². The lowest BCUT2D eigenvalue weighted by atomic mass is 9.89. The van der Waals surface area contributed by atoms with Crippen molar-refractivity contribution in [3.63, 3.8) is 0 Å². The van der Waals surface area contributed by atoms with E-state index in [0.29, 0.717) is 17.7 Å². The molecule has 0 aromatic heterocycles. The Bertz CT molecular complexity index is 465. The minimum atomic E-state index is -0.0876. The van der Waals surface area contributed by atoms with Crippen molar-refractivity contribution in [2.24, 2.45) is 17.8 Å². The lowest BCUT2D eigenvalue weighted by Gasteiger charge is -2.20. The van der Waals surface area contributed by atoms with Gasteiger partial charge in [-0.2, -0.15) is 0 Å². The molecule has 1 fully saturated rings. The zero-order chi connectivity index (χ0) is 13.6. The van der Waals surface area contributed by atoms with Gasteiger partial charge in [-0.25, -0.2) is 0 Å². The predicted molar refractivity (Wildman–Crippen MR) is 73.2 cm³/mol. The predicted octanol–water partition coefficient (Wildman–Crippen LogP) is 2.68. The lowest BCUT2D eigenvalue weighted by molar-refractivity contribution is -0.137. The molecule has 3 rings (SSSR count). The van der Waals surface area contributed by atoms with Gasteiger partial charge in [-0.3, -0.25) is 14.5 Å². The molecule has 1 saturated carbocycles. The average molecular weight is 259 g/mol. The molecule has 0 aromatic rings. The highest BCUT2D eigenvalue weighted by Gasteiger charge is 2.36. The van der Waals surface area contributed by atoms with Crippen molar-refractivity contribution in [3.05, 3.63) is 23.3 Å². The third-order valence-electron chi connectivity index (χ3n) is 5.07. The van der Waals surface area contributed by atoms with E-state index in [1.54, 1.807) is 13.8 Å². The maximum absolute atomic E-state index is 11.9. The zero-order valence-corrected chi connectivity index (χ0v) is 11.7. The molecule has 0 spiro atoms. The summed E-state index contributed by atoms with van der Waals surface area (Å²) in [5.41, 5.74) is 1.24. The Balaban J connectivity index is 1.50. The van der Waals surface area contributed by atoms with Gasteiger partial charge in [-0.15, -0.1) is 0 Å². The summed E-state index contributed by atoms with van der Waals surface area (Å²) in [6.45, 7) is 4.08. The SMILES string of the molecule is CC1=C(C)C(=O)N(CCCC2CC3C=C[C@@H]2C3)C1=O. The van der Waals surface area contributed by atoms with E-state index in [-0.39, 0.29) is 11.8 Å². The first-order valence-corrected chi connectivity index (χ1v) is 7.30.